The second-order valence-corrected chi connectivity index (χ2v) is 6.44. The molecule has 0 unspecified atom stereocenters. The predicted octanol–water partition coefficient (Wildman–Crippen LogP) is 4.79. The Balaban J connectivity index is 1.83. The van der Waals surface area contributed by atoms with E-state index in [2.05, 4.69) is 0 Å². The highest BCUT2D eigenvalue weighted by molar-refractivity contribution is 8.27. The van der Waals surface area contributed by atoms with Crippen LogP contribution in [0, 0.1) is 5.82 Å². The Labute approximate surface area is 143 Å². The summed E-state index contributed by atoms with van der Waals surface area (Å²) in [6.07, 6.45) is 5.39. The molecule has 0 atom stereocenters. The standard InChI is InChI=1S/C18H12FNOS2/c19-14-10-4-5-11-15(14)20-17(21)16(23-18(20)22)12-6-9-13-7-2-1-3-8-13/h1-12H/b9-6+,16-12+. The molecule has 0 N–H and O–H groups in total. The van der Waals surface area contributed by atoms with Crippen LogP contribution in [0.3, 0.4) is 0 Å². The van der Waals surface area contributed by atoms with E-state index >= 15 is 0 Å². The smallest absolute Gasteiger partial charge is 0.268 e. The van der Waals surface area contributed by atoms with Gasteiger partial charge in [-0.2, -0.15) is 0 Å². The molecule has 0 bridgehead atoms. The highest BCUT2D eigenvalue weighted by Crippen LogP contribution is 2.35. The zero-order chi connectivity index (χ0) is 16.2. The van der Waals surface area contributed by atoms with Gasteiger partial charge >= 0.3 is 0 Å². The maximum absolute atomic E-state index is 13.9. The van der Waals surface area contributed by atoms with E-state index < -0.39 is 5.82 Å². The molecular formula is C18H12FNOS2. The minimum Gasteiger partial charge on any atom is -0.268 e. The number of halogens is 1. The number of anilines is 1. The third kappa shape index (κ3) is 3.41. The minimum atomic E-state index is -0.468. The second-order valence-electron chi connectivity index (χ2n) is 4.76. The van der Waals surface area contributed by atoms with Crippen molar-refractivity contribution in [2.24, 2.45) is 0 Å². The van der Waals surface area contributed by atoms with Gasteiger partial charge in [0, 0.05) is 0 Å². The molecule has 1 aliphatic rings. The van der Waals surface area contributed by atoms with Gasteiger partial charge in [-0.1, -0.05) is 78.6 Å². The summed E-state index contributed by atoms with van der Waals surface area (Å²) in [5.74, 6) is -0.771. The SMILES string of the molecule is O=C1/C(=C\C=C\c2ccccc2)SC(=S)N1c1ccccc1F. The van der Waals surface area contributed by atoms with Crippen molar-refractivity contribution in [3.63, 3.8) is 0 Å². The molecule has 0 aliphatic carbocycles. The van der Waals surface area contributed by atoms with Crippen LogP contribution in [-0.2, 0) is 4.79 Å². The van der Waals surface area contributed by atoms with Gasteiger partial charge < -0.3 is 0 Å². The van der Waals surface area contributed by atoms with Crippen molar-refractivity contribution in [1.82, 2.24) is 0 Å². The number of carbonyl (C=O) groups excluding carboxylic acids is 1. The predicted molar refractivity (Wildman–Crippen MR) is 97.6 cm³/mol. The van der Waals surface area contributed by atoms with Gasteiger partial charge in [-0.05, 0) is 23.8 Å². The van der Waals surface area contributed by atoms with Crippen LogP contribution in [0.2, 0.25) is 0 Å². The van der Waals surface area contributed by atoms with E-state index in [4.69, 9.17) is 12.2 Å². The summed E-state index contributed by atoms with van der Waals surface area (Å²) in [7, 11) is 0. The topological polar surface area (TPSA) is 20.3 Å². The van der Waals surface area contributed by atoms with Gasteiger partial charge in [-0.3, -0.25) is 9.69 Å². The average molecular weight is 341 g/mol. The van der Waals surface area contributed by atoms with E-state index in [0.717, 1.165) is 5.56 Å². The van der Waals surface area contributed by atoms with Crippen LogP contribution in [0.25, 0.3) is 6.08 Å². The Kier molecular flexibility index (Phi) is 4.69. The minimum absolute atomic E-state index is 0.186. The van der Waals surface area contributed by atoms with Gasteiger partial charge in [-0.15, -0.1) is 0 Å². The molecule has 3 rings (SSSR count). The molecule has 0 radical (unpaired) electrons. The number of hydrogen-bond donors (Lipinski definition) is 0. The first kappa shape index (κ1) is 15.6. The Morgan fingerprint density at radius 3 is 2.48 bits per heavy atom. The molecule has 2 aromatic rings. The summed E-state index contributed by atoms with van der Waals surface area (Å²) in [6.45, 7) is 0. The molecule has 1 saturated heterocycles. The van der Waals surface area contributed by atoms with E-state index in [1.807, 2.05) is 36.4 Å². The van der Waals surface area contributed by atoms with Crippen LogP contribution in [0.5, 0.6) is 0 Å². The monoisotopic (exact) mass is 341 g/mol. The van der Waals surface area contributed by atoms with E-state index in [-0.39, 0.29) is 11.6 Å². The number of allylic oxidation sites excluding steroid dienone is 2. The van der Waals surface area contributed by atoms with Crippen LogP contribution in [0.4, 0.5) is 10.1 Å². The van der Waals surface area contributed by atoms with Gasteiger partial charge in [0.05, 0.1) is 10.6 Å². The van der Waals surface area contributed by atoms with Gasteiger partial charge in [0.25, 0.3) is 5.91 Å². The number of hydrogen-bond acceptors (Lipinski definition) is 3. The first-order valence-electron chi connectivity index (χ1n) is 6.91. The van der Waals surface area contributed by atoms with E-state index in [0.29, 0.717) is 9.23 Å². The fourth-order valence-corrected chi connectivity index (χ4v) is 3.37. The third-order valence-corrected chi connectivity index (χ3v) is 4.54. The summed E-state index contributed by atoms with van der Waals surface area (Å²) in [6, 6.07) is 15.9. The number of amides is 1. The van der Waals surface area contributed by atoms with E-state index in [1.165, 1.54) is 22.7 Å². The Hall–Kier alpha value is -2.24. The number of benzene rings is 2. The number of thioether (sulfide) groups is 1. The molecule has 0 spiro atoms. The molecule has 0 saturated carbocycles. The summed E-state index contributed by atoms with van der Waals surface area (Å²) in [4.78, 5) is 14.2. The molecule has 5 heteroatoms. The lowest BCUT2D eigenvalue weighted by atomic mass is 10.2. The molecule has 1 fully saturated rings. The number of para-hydroxylation sites is 1. The summed E-state index contributed by atoms with van der Waals surface area (Å²) < 4.78 is 14.2. The summed E-state index contributed by atoms with van der Waals surface area (Å²) >= 11 is 6.39. The lowest BCUT2D eigenvalue weighted by Crippen LogP contribution is -2.28. The zero-order valence-electron chi connectivity index (χ0n) is 12.0. The lowest BCUT2D eigenvalue weighted by Gasteiger charge is -2.14. The Bertz CT molecular complexity index is 815. The number of thiocarbonyl (C=S) groups is 1. The molecule has 0 aromatic heterocycles. The van der Waals surface area contributed by atoms with Crippen LogP contribution in [0.1, 0.15) is 5.56 Å². The normalized spacial score (nSPS) is 16.7. The molecular weight excluding hydrogens is 329 g/mol. The summed E-state index contributed by atoms with van der Waals surface area (Å²) in [5.41, 5.74) is 1.22. The summed E-state index contributed by atoms with van der Waals surface area (Å²) in [5, 5.41) is 0. The Morgan fingerprint density at radius 1 is 1.04 bits per heavy atom. The second kappa shape index (κ2) is 6.89. The number of nitrogens with zero attached hydrogens (tertiary/aromatic N) is 1. The van der Waals surface area contributed by atoms with Crippen LogP contribution in [-0.4, -0.2) is 10.2 Å². The van der Waals surface area contributed by atoms with Crippen molar-refractivity contribution in [1.29, 1.82) is 0 Å². The lowest BCUT2D eigenvalue weighted by molar-refractivity contribution is -0.113. The fraction of sp³-hybridized carbons (Fsp3) is 0. The van der Waals surface area contributed by atoms with Crippen molar-refractivity contribution in [3.05, 3.63) is 83.0 Å². The van der Waals surface area contributed by atoms with E-state index in [1.54, 1.807) is 30.4 Å². The quantitative estimate of drug-likeness (QED) is 0.591. The van der Waals surface area contributed by atoms with Crippen LogP contribution in [0.15, 0.2) is 71.7 Å². The highest BCUT2D eigenvalue weighted by Gasteiger charge is 2.34. The molecule has 1 amide bonds. The van der Waals surface area contributed by atoms with Crippen molar-refractivity contribution in [2.75, 3.05) is 4.90 Å². The number of rotatable bonds is 3. The average Bonchev–Trinajstić information content (AvgIpc) is 2.83. The van der Waals surface area contributed by atoms with Gasteiger partial charge in [-0.25, -0.2) is 4.39 Å². The third-order valence-electron chi connectivity index (χ3n) is 3.22. The van der Waals surface area contributed by atoms with E-state index in [9.17, 15) is 9.18 Å². The molecule has 2 aromatic carbocycles. The largest absolute Gasteiger partial charge is 0.270 e. The maximum atomic E-state index is 13.9. The van der Waals surface area contributed by atoms with Crippen molar-refractivity contribution < 1.29 is 9.18 Å². The Morgan fingerprint density at radius 2 is 1.74 bits per heavy atom. The fourth-order valence-electron chi connectivity index (χ4n) is 2.13. The molecule has 23 heavy (non-hydrogen) atoms. The van der Waals surface area contributed by atoms with Crippen molar-refractivity contribution >= 4 is 46.0 Å². The maximum Gasteiger partial charge on any atom is 0.270 e. The van der Waals surface area contributed by atoms with Gasteiger partial charge in [0.15, 0.2) is 4.32 Å². The first-order chi connectivity index (χ1) is 11.2. The van der Waals surface area contributed by atoms with Crippen LogP contribution < -0.4 is 4.90 Å². The van der Waals surface area contributed by atoms with Crippen molar-refractivity contribution in [3.8, 4) is 0 Å². The molecule has 1 aliphatic heterocycles. The molecule has 2 nitrogen and oxygen atoms in total. The van der Waals surface area contributed by atoms with Crippen molar-refractivity contribution in [2.45, 2.75) is 0 Å². The van der Waals surface area contributed by atoms with Gasteiger partial charge in [0.1, 0.15) is 5.82 Å². The zero-order valence-corrected chi connectivity index (χ0v) is 13.6. The molecule has 1 heterocycles. The van der Waals surface area contributed by atoms with Gasteiger partial charge in [0.2, 0.25) is 0 Å². The molecule has 114 valence electrons. The van der Waals surface area contributed by atoms with Crippen LogP contribution >= 0.6 is 24.0 Å². The first-order valence-corrected chi connectivity index (χ1v) is 8.13. The number of carbonyl (C=O) groups is 1. The highest BCUT2D eigenvalue weighted by atomic mass is 32.2.